The third-order valence-electron chi connectivity index (χ3n) is 2.68. The fourth-order valence-corrected chi connectivity index (χ4v) is 1.52. The minimum Gasteiger partial charge on any atom is -0.379 e. The quantitative estimate of drug-likeness (QED) is 0.405. The van der Waals surface area contributed by atoms with Crippen molar-refractivity contribution >= 4 is 0 Å². The number of allylic oxidation sites excluding steroid dienone is 1. The van der Waals surface area contributed by atoms with Crippen LogP contribution in [0.1, 0.15) is 33.1 Å². The Balaban J connectivity index is 3.10. The first kappa shape index (κ1) is 17.4. The Hall–Kier alpha value is -0.640. The molecule has 0 aromatic rings. The lowest BCUT2D eigenvalue weighted by Gasteiger charge is -2.06. The van der Waals surface area contributed by atoms with Gasteiger partial charge in [0.15, 0.2) is 0 Å². The Kier molecular flexibility index (Phi) is 13.9. The molecule has 0 saturated heterocycles. The molecule has 3 nitrogen and oxygen atoms in total. The zero-order chi connectivity index (χ0) is 13.5. The Morgan fingerprint density at radius 1 is 1.11 bits per heavy atom. The molecule has 18 heavy (non-hydrogen) atoms. The maximum atomic E-state index is 5.45. The second-order valence-corrected chi connectivity index (χ2v) is 4.11. The summed E-state index contributed by atoms with van der Waals surface area (Å²) in [5.41, 5.74) is 1.26. The number of hydrogen-bond donors (Lipinski definition) is 1. The molecule has 0 aliphatic heterocycles. The Morgan fingerprint density at radius 3 is 2.56 bits per heavy atom. The number of unbranched alkanes of at least 4 members (excludes halogenated alkanes) is 2. The monoisotopic (exact) mass is 255 g/mol. The van der Waals surface area contributed by atoms with Crippen molar-refractivity contribution in [3.05, 3.63) is 24.3 Å². The lowest BCUT2D eigenvalue weighted by Crippen LogP contribution is -2.17. The molecule has 0 unspecified atom stereocenters. The lowest BCUT2D eigenvalue weighted by atomic mass is 10.2. The summed E-state index contributed by atoms with van der Waals surface area (Å²) in [6.45, 7) is 12.8. The SMILES string of the molecule is C=C/C(=C\C)CNCCCCCOCCOCC. The highest BCUT2D eigenvalue weighted by molar-refractivity contribution is 5.16. The summed E-state index contributed by atoms with van der Waals surface area (Å²) in [5.74, 6) is 0. The average molecular weight is 255 g/mol. The van der Waals surface area contributed by atoms with E-state index in [2.05, 4.69) is 18.0 Å². The molecular formula is C15H29NO2. The Bertz CT molecular complexity index is 215. The number of nitrogens with one attached hydrogen (secondary N) is 1. The third kappa shape index (κ3) is 11.8. The molecular weight excluding hydrogens is 226 g/mol. The predicted octanol–water partition coefficient (Wildman–Crippen LogP) is 2.93. The molecule has 0 radical (unpaired) electrons. The molecule has 0 rings (SSSR count). The van der Waals surface area contributed by atoms with Crippen LogP contribution in [0, 0.1) is 0 Å². The highest BCUT2D eigenvalue weighted by atomic mass is 16.5. The van der Waals surface area contributed by atoms with Crippen molar-refractivity contribution in [1.82, 2.24) is 5.32 Å². The molecule has 0 spiro atoms. The topological polar surface area (TPSA) is 30.5 Å². The molecule has 0 aliphatic rings. The fourth-order valence-electron chi connectivity index (χ4n) is 1.52. The molecule has 106 valence electrons. The second-order valence-electron chi connectivity index (χ2n) is 4.11. The molecule has 1 N–H and O–H groups in total. The Labute approximate surface area is 112 Å². The van der Waals surface area contributed by atoms with E-state index in [9.17, 15) is 0 Å². The van der Waals surface area contributed by atoms with Crippen molar-refractivity contribution < 1.29 is 9.47 Å². The molecule has 0 saturated carbocycles. The zero-order valence-electron chi connectivity index (χ0n) is 12.0. The van der Waals surface area contributed by atoms with Gasteiger partial charge in [-0.2, -0.15) is 0 Å². The van der Waals surface area contributed by atoms with Crippen LogP contribution in [0.25, 0.3) is 0 Å². The van der Waals surface area contributed by atoms with Crippen LogP contribution >= 0.6 is 0 Å². The zero-order valence-corrected chi connectivity index (χ0v) is 12.0. The van der Waals surface area contributed by atoms with Crippen molar-refractivity contribution in [1.29, 1.82) is 0 Å². The summed E-state index contributed by atoms with van der Waals surface area (Å²) in [6.07, 6.45) is 7.53. The maximum absolute atomic E-state index is 5.45. The van der Waals surface area contributed by atoms with Crippen molar-refractivity contribution in [3.8, 4) is 0 Å². The molecule has 0 aromatic carbocycles. The maximum Gasteiger partial charge on any atom is 0.0700 e. The highest BCUT2D eigenvalue weighted by Gasteiger charge is 1.93. The molecule has 0 heterocycles. The van der Waals surface area contributed by atoms with Gasteiger partial charge >= 0.3 is 0 Å². The van der Waals surface area contributed by atoms with Crippen molar-refractivity contribution in [2.45, 2.75) is 33.1 Å². The normalized spacial score (nSPS) is 11.8. The summed E-state index contributed by atoms with van der Waals surface area (Å²) in [4.78, 5) is 0. The smallest absolute Gasteiger partial charge is 0.0700 e. The van der Waals surface area contributed by atoms with E-state index in [1.54, 1.807) is 0 Å². The number of ether oxygens (including phenoxy) is 2. The summed E-state index contributed by atoms with van der Waals surface area (Å²) >= 11 is 0. The van der Waals surface area contributed by atoms with E-state index in [1.807, 2.05) is 19.9 Å². The van der Waals surface area contributed by atoms with Crippen LogP contribution < -0.4 is 5.32 Å². The predicted molar refractivity (Wildman–Crippen MR) is 78.0 cm³/mol. The minimum absolute atomic E-state index is 0.714. The van der Waals surface area contributed by atoms with Crippen LogP contribution in [-0.2, 0) is 9.47 Å². The molecule has 3 heteroatoms. The summed E-state index contributed by atoms with van der Waals surface area (Å²) < 4.78 is 10.6. The third-order valence-corrected chi connectivity index (χ3v) is 2.68. The van der Waals surface area contributed by atoms with Gasteiger partial charge in [-0.25, -0.2) is 0 Å². The van der Waals surface area contributed by atoms with Crippen LogP contribution in [0.3, 0.4) is 0 Å². The van der Waals surface area contributed by atoms with Gasteiger partial charge in [-0.05, 0) is 45.2 Å². The van der Waals surface area contributed by atoms with Crippen LogP contribution in [0.2, 0.25) is 0 Å². The van der Waals surface area contributed by atoms with Gasteiger partial charge in [0.25, 0.3) is 0 Å². The highest BCUT2D eigenvalue weighted by Crippen LogP contribution is 1.96. The molecule has 0 fully saturated rings. The first-order valence-electron chi connectivity index (χ1n) is 6.99. The van der Waals surface area contributed by atoms with E-state index >= 15 is 0 Å². The van der Waals surface area contributed by atoms with E-state index in [0.29, 0.717) is 6.61 Å². The molecule has 0 bridgehead atoms. The van der Waals surface area contributed by atoms with Crippen molar-refractivity contribution in [2.24, 2.45) is 0 Å². The molecule has 0 aromatic heterocycles. The summed E-state index contributed by atoms with van der Waals surface area (Å²) in [7, 11) is 0. The summed E-state index contributed by atoms with van der Waals surface area (Å²) in [5, 5.41) is 3.41. The Morgan fingerprint density at radius 2 is 1.89 bits per heavy atom. The van der Waals surface area contributed by atoms with Gasteiger partial charge in [0.2, 0.25) is 0 Å². The first-order chi connectivity index (χ1) is 8.85. The van der Waals surface area contributed by atoms with Gasteiger partial charge in [0.05, 0.1) is 13.2 Å². The minimum atomic E-state index is 0.714. The van der Waals surface area contributed by atoms with Crippen LogP contribution in [0.4, 0.5) is 0 Å². The van der Waals surface area contributed by atoms with E-state index < -0.39 is 0 Å². The van der Waals surface area contributed by atoms with E-state index in [4.69, 9.17) is 9.47 Å². The average Bonchev–Trinajstić information content (AvgIpc) is 2.40. The second kappa shape index (κ2) is 14.4. The lowest BCUT2D eigenvalue weighted by molar-refractivity contribution is 0.0513. The van der Waals surface area contributed by atoms with Crippen LogP contribution in [0.15, 0.2) is 24.3 Å². The number of rotatable bonds is 13. The number of hydrogen-bond acceptors (Lipinski definition) is 3. The molecule has 0 atom stereocenters. The van der Waals surface area contributed by atoms with Gasteiger partial charge in [-0.1, -0.05) is 18.7 Å². The first-order valence-corrected chi connectivity index (χ1v) is 6.99. The fraction of sp³-hybridized carbons (Fsp3) is 0.733. The van der Waals surface area contributed by atoms with Gasteiger partial charge in [-0.3, -0.25) is 0 Å². The van der Waals surface area contributed by atoms with E-state index in [-0.39, 0.29) is 0 Å². The standard InChI is InChI=1S/C15H29NO2/c1-4-15(5-2)14-16-10-8-7-9-11-18-13-12-17-6-3/h4-5,16H,1,6-14H2,2-3H3/b15-5+. The van der Waals surface area contributed by atoms with Gasteiger partial charge in [-0.15, -0.1) is 0 Å². The van der Waals surface area contributed by atoms with Crippen molar-refractivity contribution in [2.75, 3.05) is 39.5 Å². The van der Waals surface area contributed by atoms with Gasteiger partial charge in [0, 0.05) is 19.8 Å². The molecule has 0 aliphatic carbocycles. The van der Waals surface area contributed by atoms with E-state index in [1.165, 1.54) is 18.4 Å². The van der Waals surface area contributed by atoms with Gasteiger partial charge in [0.1, 0.15) is 0 Å². The van der Waals surface area contributed by atoms with Crippen molar-refractivity contribution in [3.63, 3.8) is 0 Å². The summed E-state index contributed by atoms with van der Waals surface area (Å²) in [6, 6.07) is 0. The largest absolute Gasteiger partial charge is 0.379 e. The van der Waals surface area contributed by atoms with Crippen LogP contribution in [0.5, 0.6) is 0 Å². The van der Waals surface area contributed by atoms with E-state index in [0.717, 1.165) is 39.3 Å². The van der Waals surface area contributed by atoms with Crippen LogP contribution in [-0.4, -0.2) is 39.5 Å². The van der Waals surface area contributed by atoms with Gasteiger partial charge < -0.3 is 14.8 Å². The molecule has 0 amide bonds.